The number of alkyl halides is 3. The molecule has 0 aromatic heterocycles. The number of nitrogens with zero attached hydrogens (tertiary/aromatic N) is 2. The molecule has 1 aliphatic carbocycles. The van der Waals surface area contributed by atoms with Crippen LogP contribution in [0.4, 0.5) is 13.2 Å². The van der Waals surface area contributed by atoms with Crippen LogP contribution in [0.25, 0.3) is 0 Å². The molecule has 2 aromatic carbocycles. The van der Waals surface area contributed by atoms with Gasteiger partial charge in [-0.25, -0.2) is 0 Å². The number of halogens is 4. The quantitative estimate of drug-likeness (QED) is 0.649. The number of hydrogen-bond acceptors (Lipinski definition) is 2. The lowest BCUT2D eigenvalue weighted by atomic mass is 9.94. The maximum Gasteiger partial charge on any atom is 0.417 e. The number of benzene rings is 2. The minimum absolute atomic E-state index is 0.0348. The highest BCUT2D eigenvalue weighted by Crippen LogP contribution is 2.50. The SMILES string of the molecule is O=C(c1ccccc1C(F)(F)F)N1CCN(C(=O)C2(c3ccc(Br)cc3)CC2)CC1. The standard InChI is InChI=1S/C22H20BrF3N2O2/c23-16-7-5-15(6-8-16)21(9-10-21)20(30)28-13-11-27(12-14-28)19(29)17-3-1-2-4-18(17)22(24,25)26/h1-8H,9-14H2. The van der Waals surface area contributed by atoms with Crippen LogP contribution in [-0.4, -0.2) is 47.8 Å². The molecule has 0 atom stereocenters. The highest BCUT2D eigenvalue weighted by Gasteiger charge is 2.53. The van der Waals surface area contributed by atoms with Gasteiger partial charge in [0.1, 0.15) is 0 Å². The molecule has 4 rings (SSSR count). The van der Waals surface area contributed by atoms with Gasteiger partial charge in [0.05, 0.1) is 16.5 Å². The Morgan fingerprint density at radius 2 is 1.43 bits per heavy atom. The van der Waals surface area contributed by atoms with E-state index in [1.165, 1.54) is 23.1 Å². The zero-order valence-corrected chi connectivity index (χ0v) is 17.7. The minimum Gasteiger partial charge on any atom is -0.338 e. The molecule has 1 heterocycles. The molecule has 2 fully saturated rings. The van der Waals surface area contributed by atoms with E-state index in [1.807, 2.05) is 24.3 Å². The van der Waals surface area contributed by atoms with Crippen LogP contribution in [0.15, 0.2) is 53.0 Å². The maximum atomic E-state index is 13.2. The lowest BCUT2D eigenvalue weighted by Crippen LogP contribution is -2.53. The number of hydrogen-bond donors (Lipinski definition) is 0. The van der Waals surface area contributed by atoms with Gasteiger partial charge in [-0.2, -0.15) is 13.2 Å². The molecular weight excluding hydrogens is 461 g/mol. The summed E-state index contributed by atoms with van der Waals surface area (Å²) in [6.45, 7) is 1.06. The van der Waals surface area contributed by atoms with E-state index < -0.39 is 23.1 Å². The fraction of sp³-hybridized carbons (Fsp3) is 0.364. The Kier molecular flexibility index (Phi) is 5.38. The minimum atomic E-state index is -4.59. The molecule has 2 amide bonds. The third kappa shape index (κ3) is 3.85. The summed E-state index contributed by atoms with van der Waals surface area (Å²) in [6.07, 6.45) is -3.02. The zero-order valence-electron chi connectivity index (χ0n) is 16.1. The van der Waals surface area contributed by atoms with Gasteiger partial charge in [0.15, 0.2) is 0 Å². The summed E-state index contributed by atoms with van der Waals surface area (Å²) in [6, 6.07) is 12.5. The van der Waals surface area contributed by atoms with Crippen molar-refractivity contribution in [3.05, 3.63) is 69.7 Å². The van der Waals surface area contributed by atoms with E-state index >= 15 is 0 Å². The molecule has 1 saturated heterocycles. The van der Waals surface area contributed by atoms with Gasteiger partial charge in [0.2, 0.25) is 5.91 Å². The molecule has 0 N–H and O–H groups in total. The van der Waals surface area contributed by atoms with E-state index in [2.05, 4.69) is 15.9 Å². The lowest BCUT2D eigenvalue weighted by Gasteiger charge is -2.37. The van der Waals surface area contributed by atoms with Gasteiger partial charge < -0.3 is 9.80 Å². The van der Waals surface area contributed by atoms with Crippen LogP contribution < -0.4 is 0 Å². The van der Waals surface area contributed by atoms with Crippen molar-refractivity contribution in [2.24, 2.45) is 0 Å². The molecule has 8 heteroatoms. The van der Waals surface area contributed by atoms with E-state index in [0.29, 0.717) is 13.1 Å². The van der Waals surface area contributed by atoms with Gasteiger partial charge in [0, 0.05) is 30.7 Å². The summed E-state index contributed by atoms with van der Waals surface area (Å²) >= 11 is 3.40. The molecule has 30 heavy (non-hydrogen) atoms. The van der Waals surface area contributed by atoms with Crippen molar-refractivity contribution < 1.29 is 22.8 Å². The van der Waals surface area contributed by atoms with Crippen LogP contribution in [-0.2, 0) is 16.4 Å². The second-order valence-corrected chi connectivity index (χ2v) is 8.63. The van der Waals surface area contributed by atoms with Gasteiger partial charge >= 0.3 is 6.18 Å². The predicted octanol–water partition coefficient (Wildman–Crippen LogP) is 4.48. The largest absolute Gasteiger partial charge is 0.417 e. The number of carbonyl (C=O) groups is 2. The second-order valence-electron chi connectivity index (χ2n) is 7.72. The van der Waals surface area contributed by atoms with E-state index in [0.717, 1.165) is 28.9 Å². The van der Waals surface area contributed by atoms with Crippen LogP contribution in [0.3, 0.4) is 0 Å². The molecule has 0 bridgehead atoms. The number of piperazine rings is 1. The fourth-order valence-corrected chi connectivity index (χ4v) is 4.29. The van der Waals surface area contributed by atoms with Gasteiger partial charge in [0.25, 0.3) is 5.91 Å². The normalized spacial score (nSPS) is 18.3. The molecule has 0 spiro atoms. The maximum absolute atomic E-state index is 13.2. The second kappa shape index (κ2) is 7.72. The molecule has 158 valence electrons. The summed E-state index contributed by atoms with van der Waals surface area (Å²) in [5, 5.41) is 0. The van der Waals surface area contributed by atoms with E-state index in [9.17, 15) is 22.8 Å². The number of carbonyl (C=O) groups excluding carboxylic acids is 2. The molecule has 0 radical (unpaired) electrons. The summed E-state index contributed by atoms with van der Waals surface area (Å²) in [5.41, 5.74) is -0.803. The average molecular weight is 481 g/mol. The van der Waals surface area contributed by atoms with Crippen molar-refractivity contribution in [2.75, 3.05) is 26.2 Å². The predicted molar refractivity (Wildman–Crippen MR) is 109 cm³/mol. The Bertz CT molecular complexity index is 963. The molecule has 2 aliphatic rings. The molecule has 0 unspecified atom stereocenters. The first-order chi connectivity index (χ1) is 14.2. The third-order valence-corrected chi connectivity index (χ3v) is 6.40. The van der Waals surface area contributed by atoms with Crippen LogP contribution in [0.1, 0.15) is 34.3 Å². The van der Waals surface area contributed by atoms with Crippen molar-refractivity contribution in [1.82, 2.24) is 9.80 Å². The Balaban J connectivity index is 1.44. The Morgan fingerprint density at radius 3 is 2.00 bits per heavy atom. The van der Waals surface area contributed by atoms with Gasteiger partial charge in [-0.15, -0.1) is 0 Å². The van der Waals surface area contributed by atoms with Crippen LogP contribution >= 0.6 is 15.9 Å². The first-order valence-corrected chi connectivity index (χ1v) is 10.5. The first-order valence-electron chi connectivity index (χ1n) is 9.73. The first kappa shape index (κ1) is 20.9. The summed E-state index contributed by atoms with van der Waals surface area (Å²) in [7, 11) is 0. The van der Waals surface area contributed by atoms with Crippen molar-refractivity contribution >= 4 is 27.7 Å². The Labute approximate surface area is 180 Å². The van der Waals surface area contributed by atoms with Gasteiger partial charge in [-0.05, 0) is 42.7 Å². The van der Waals surface area contributed by atoms with Crippen LogP contribution in [0, 0.1) is 0 Å². The average Bonchev–Trinajstić information content (AvgIpc) is 3.55. The van der Waals surface area contributed by atoms with Crippen molar-refractivity contribution in [2.45, 2.75) is 24.4 Å². The Hall–Kier alpha value is -2.35. The third-order valence-electron chi connectivity index (χ3n) is 5.87. The number of amides is 2. The van der Waals surface area contributed by atoms with Crippen molar-refractivity contribution in [1.29, 1.82) is 0 Å². The zero-order chi connectivity index (χ0) is 21.5. The van der Waals surface area contributed by atoms with Crippen LogP contribution in [0.5, 0.6) is 0 Å². The molecule has 1 saturated carbocycles. The summed E-state index contributed by atoms with van der Waals surface area (Å²) < 4.78 is 40.7. The van der Waals surface area contributed by atoms with Gasteiger partial charge in [-0.1, -0.05) is 40.2 Å². The smallest absolute Gasteiger partial charge is 0.338 e. The summed E-state index contributed by atoms with van der Waals surface area (Å²) in [5.74, 6) is -0.614. The van der Waals surface area contributed by atoms with Crippen molar-refractivity contribution in [3.8, 4) is 0 Å². The molecule has 2 aromatic rings. The molecule has 1 aliphatic heterocycles. The van der Waals surface area contributed by atoms with Crippen molar-refractivity contribution in [3.63, 3.8) is 0 Å². The highest BCUT2D eigenvalue weighted by atomic mass is 79.9. The Morgan fingerprint density at radius 1 is 0.867 bits per heavy atom. The fourth-order valence-electron chi connectivity index (χ4n) is 4.02. The topological polar surface area (TPSA) is 40.6 Å². The monoisotopic (exact) mass is 480 g/mol. The summed E-state index contributed by atoms with van der Waals surface area (Å²) in [4.78, 5) is 29.0. The number of rotatable bonds is 3. The van der Waals surface area contributed by atoms with Gasteiger partial charge in [-0.3, -0.25) is 9.59 Å². The lowest BCUT2D eigenvalue weighted by molar-refractivity contribution is -0.138. The molecular formula is C22H20BrF3N2O2. The molecule has 4 nitrogen and oxygen atoms in total. The van der Waals surface area contributed by atoms with E-state index in [-0.39, 0.29) is 24.6 Å². The van der Waals surface area contributed by atoms with Crippen LogP contribution in [0.2, 0.25) is 0 Å². The van der Waals surface area contributed by atoms with E-state index in [1.54, 1.807) is 4.90 Å². The van der Waals surface area contributed by atoms with E-state index in [4.69, 9.17) is 0 Å². The highest BCUT2D eigenvalue weighted by molar-refractivity contribution is 9.10.